The van der Waals surface area contributed by atoms with Gasteiger partial charge >= 0.3 is 6.18 Å². The van der Waals surface area contributed by atoms with Crippen molar-refractivity contribution in [3.63, 3.8) is 0 Å². The molecule has 0 saturated carbocycles. The second-order valence-corrected chi connectivity index (χ2v) is 2.42. The van der Waals surface area contributed by atoms with Gasteiger partial charge in [-0.15, -0.1) is 0 Å². The maximum Gasteiger partial charge on any atom is 0.412 e. The highest BCUT2D eigenvalue weighted by molar-refractivity contribution is 5.25. The van der Waals surface area contributed by atoms with Gasteiger partial charge in [-0.2, -0.15) is 13.2 Å². The zero-order valence-corrected chi connectivity index (χ0v) is 6.10. The van der Waals surface area contributed by atoms with Gasteiger partial charge in [-0.05, 0) is 23.9 Å². The lowest BCUT2D eigenvalue weighted by Crippen LogP contribution is -2.39. The summed E-state index contributed by atoms with van der Waals surface area (Å²) in [6.45, 7) is -0.370. The molecular formula is C7H8F3NO. The molecule has 0 fully saturated rings. The minimum Gasteiger partial charge on any atom is -0.392 e. The molecule has 1 heterocycles. The van der Waals surface area contributed by atoms with Gasteiger partial charge in [0.15, 0.2) is 0 Å². The number of halogens is 3. The second kappa shape index (κ2) is 3.18. The standard InChI is InChI=1S/C7H8F3NO/c8-7(9,10)6-3-5(4-12)1-2-11-6/h1-3,6,11-12H,4H2. The predicted molar refractivity (Wildman–Crippen MR) is 37.3 cm³/mol. The van der Waals surface area contributed by atoms with Gasteiger partial charge in [-0.3, -0.25) is 0 Å². The summed E-state index contributed by atoms with van der Waals surface area (Å²) in [4.78, 5) is 0. The first-order valence-corrected chi connectivity index (χ1v) is 3.35. The van der Waals surface area contributed by atoms with Crippen LogP contribution >= 0.6 is 0 Å². The summed E-state index contributed by atoms with van der Waals surface area (Å²) < 4.78 is 36.1. The molecule has 0 aromatic carbocycles. The van der Waals surface area contributed by atoms with Crippen LogP contribution < -0.4 is 5.32 Å². The Morgan fingerprint density at radius 1 is 1.50 bits per heavy atom. The van der Waals surface area contributed by atoms with Crippen molar-refractivity contribution in [1.29, 1.82) is 0 Å². The molecule has 1 unspecified atom stereocenters. The van der Waals surface area contributed by atoms with E-state index >= 15 is 0 Å². The molecule has 1 aliphatic rings. The van der Waals surface area contributed by atoms with Gasteiger partial charge in [0.25, 0.3) is 0 Å². The second-order valence-electron chi connectivity index (χ2n) is 2.42. The van der Waals surface area contributed by atoms with Crippen LogP contribution in [0.1, 0.15) is 0 Å². The van der Waals surface area contributed by atoms with E-state index in [2.05, 4.69) is 5.32 Å². The summed E-state index contributed by atoms with van der Waals surface area (Å²) in [6, 6.07) is -1.68. The quantitative estimate of drug-likeness (QED) is 0.628. The summed E-state index contributed by atoms with van der Waals surface area (Å²) in [5.41, 5.74) is 0.274. The van der Waals surface area contributed by atoms with Crippen LogP contribution in [0.4, 0.5) is 13.2 Å². The van der Waals surface area contributed by atoms with Crippen LogP contribution in [0.2, 0.25) is 0 Å². The van der Waals surface area contributed by atoms with Crippen LogP contribution in [-0.4, -0.2) is 23.9 Å². The summed E-state index contributed by atoms with van der Waals surface area (Å²) in [5.74, 6) is 0. The molecule has 1 aliphatic heterocycles. The average Bonchev–Trinajstić information content (AvgIpc) is 2.03. The predicted octanol–water partition coefficient (Wildman–Crippen LogP) is 0.953. The van der Waals surface area contributed by atoms with Crippen LogP contribution in [0.25, 0.3) is 0 Å². The van der Waals surface area contributed by atoms with Gasteiger partial charge in [0.05, 0.1) is 6.61 Å². The summed E-state index contributed by atoms with van der Waals surface area (Å²) in [6.07, 6.45) is -0.753. The molecule has 0 saturated heterocycles. The Hall–Kier alpha value is -0.970. The van der Waals surface area contributed by atoms with Crippen molar-refractivity contribution in [3.8, 4) is 0 Å². The normalized spacial score (nSPS) is 23.3. The molecule has 68 valence electrons. The molecule has 2 N–H and O–H groups in total. The van der Waals surface area contributed by atoms with Crippen LogP contribution in [0.15, 0.2) is 23.9 Å². The van der Waals surface area contributed by atoms with Crippen molar-refractivity contribution < 1.29 is 18.3 Å². The zero-order valence-electron chi connectivity index (χ0n) is 6.10. The maximum absolute atomic E-state index is 12.0. The van der Waals surface area contributed by atoms with Crippen molar-refractivity contribution in [1.82, 2.24) is 5.32 Å². The van der Waals surface area contributed by atoms with Gasteiger partial charge in [0.2, 0.25) is 0 Å². The molecule has 0 bridgehead atoms. The lowest BCUT2D eigenvalue weighted by atomic mass is 10.1. The average molecular weight is 179 g/mol. The number of aliphatic hydroxyl groups is 1. The third-order valence-corrected chi connectivity index (χ3v) is 1.49. The molecule has 0 aromatic rings. The Morgan fingerprint density at radius 2 is 2.17 bits per heavy atom. The zero-order chi connectivity index (χ0) is 9.19. The minimum absolute atomic E-state index is 0.274. The van der Waals surface area contributed by atoms with Crippen LogP contribution in [0, 0.1) is 0 Å². The third kappa shape index (κ3) is 2.01. The summed E-state index contributed by atoms with van der Waals surface area (Å²) >= 11 is 0. The van der Waals surface area contributed by atoms with E-state index in [0.717, 1.165) is 6.08 Å². The van der Waals surface area contributed by atoms with Crippen molar-refractivity contribution in [2.24, 2.45) is 0 Å². The summed E-state index contributed by atoms with van der Waals surface area (Å²) in [7, 11) is 0. The molecule has 2 nitrogen and oxygen atoms in total. The molecule has 0 amide bonds. The van der Waals surface area contributed by atoms with Gasteiger partial charge in [0.1, 0.15) is 6.04 Å². The van der Waals surface area contributed by atoms with Crippen molar-refractivity contribution in [3.05, 3.63) is 23.9 Å². The van der Waals surface area contributed by atoms with Gasteiger partial charge in [0, 0.05) is 0 Å². The number of hydrogen-bond acceptors (Lipinski definition) is 2. The van der Waals surface area contributed by atoms with E-state index in [1.165, 1.54) is 12.3 Å². The fourth-order valence-corrected chi connectivity index (χ4v) is 0.871. The smallest absolute Gasteiger partial charge is 0.392 e. The third-order valence-electron chi connectivity index (χ3n) is 1.49. The lowest BCUT2D eigenvalue weighted by molar-refractivity contribution is -0.142. The lowest BCUT2D eigenvalue weighted by Gasteiger charge is -2.20. The van der Waals surface area contributed by atoms with E-state index in [4.69, 9.17) is 5.11 Å². The van der Waals surface area contributed by atoms with Gasteiger partial charge < -0.3 is 10.4 Å². The minimum atomic E-state index is -4.30. The first-order valence-electron chi connectivity index (χ1n) is 3.35. The van der Waals surface area contributed by atoms with E-state index in [-0.39, 0.29) is 12.2 Å². The number of alkyl halides is 3. The summed E-state index contributed by atoms with van der Waals surface area (Å²) in [5, 5.41) is 10.7. The monoisotopic (exact) mass is 179 g/mol. The Bertz CT molecular complexity index is 219. The number of nitrogens with one attached hydrogen (secondary N) is 1. The Labute approximate surface area is 67.4 Å². The van der Waals surface area contributed by atoms with E-state index in [9.17, 15) is 13.2 Å². The van der Waals surface area contributed by atoms with Crippen molar-refractivity contribution >= 4 is 0 Å². The van der Waals surface area contributed by atoms with E-state index < -0.39 is 12.2 Å². The molecule has 0 spiro atoms. The highest BCUT2D eigenvalue weighted by Gasteiger charge is 2.38. The first kappa shape index (κ1) is 9.12. The molecule has 5 heteroatoms. The van der Waals surface area contributed by atoms with E-state index in [1.807, 2.05) is 0 Å². The first-order chi connectivity index (χ1) is 5.54. The molecular weight excluding hydrogens is 171 g/mol. The van der Waals surface area contributed by atoms with Crippen LogP contribution in [0.5, 0.6) is 0 Å². The fraction of sp³-hybridized carbons (Fsp3) is 0.429. The Kier molecular flexibility index (Phi) is 2.42. The van der Waals surface area contributed by atoms with Crippen molar-refractivity contribution in [2.45, 2.75) is 12.2 Å². The van der Waals surface area contributed by atoms with Gasteiger partial charge in [-0.25, -0.2) is 0 Å². The molecule has 0 aliphatic carbocycles. The Morgan fingerprint density at radius 3 is 2.67 bits per heavy atom. The number of aliphatic hydroxyl groups excluding tert-OH is 1. The fourth-order valence-electron chi connectivity index (χ4n) is 0.871. The highest BCUT2D eigenvalue weighted by atomic mass is 19.4. The number of dihydropyridines is 1. The van der Waals surface area contributed by atoms with Gasteiger partial charge in [-0.1, -0.05) is 0 Å². The number of rotatable bonds is 1. The molecule has 1 rings (SSSR count). The Balaban J connectivity index is 2.72. The topological polar surface area (TPSA) is 32.3 Å². The van der Waals surface area contributed by atoms with Crippen molar-refractivity contribution in [2.75, 3.05) is 6.61 Å². The highest BCUT2D eigenvalue weighted by Crippen LogP contribution is 2.23. The molecule has 0 aromatic heterocycles. The number of hydrogen-bond donors (Lipinski definition) is 2. The molecule has 12 heavy (non-hydrogen) atoms. The van der Waals surface area contributed by atoms with Crippen LogP contribution in [0.3, 0.4) is 0 Å². The van der Waals surface area contributed by atoms with E-state index in [1.54, 1.807) is 0 Å². The maximum atomic E-state index is 12.0. The SMILES string of the molecule is OCC1=CC(C(F)(F)F)NC=C1. The van der Waals surface area contributed by atoms with E-state index in [0.29, 0.717) is 0 Å². The molecule has 0 radical (unpaired) electrons. The molecule has 1 atom stereocenters. The largest absolute Gasteiger partial charge is 0.412 e. The van der Waals surface area contributed by atoms with Crippen LogP contribution in [-0.2, 0) is 0 Å².